The molecule has 0 unspecified atom stereocenters. The van der Waals surface area contributed by atoms with Crippen LogP contribution in [-0.4, -0.2) is 41.6 Å². The molecule has 0 spiro atoms. The zero-order valence-electron chi connectivity index (χ0n) is 15.6. The lowest BCUT2D eigenvalue weighted by molar-refractivity contribution is -0.130. The molecule has 1 aromatic carbocycles. The number of amides is 2. The van der Waals surface area contributed by atoms with Gasteiger partial charge in [-0.3, -0.25) is 9.59 Å². The van der Waals surface area contributed by atoms with Gasteiger partial charge in [0, 0.05) is 51.8 Å². The summed E-state index contributed by atoms with van der Waals surface area (Å²) in [6.45, 7) is 1.07. The van der Waals surface area contributed by atoms with Gasteiger partial charge < -0.3 is 10.2 Å². The summed E-state index contributed by atoms with van der Waals surface area (Å²) in [7, 11) is 3.54. The van der Waals surface area contributed by atoms with Gasteiger partial charge in [0.25, 0.3) is 5.91 Å². The van der Waals surface area contributed by atoms with E-state index < -0.39 is 0 Å². The van der Waals surface area contributed by atoms with Gasteiger partial charge in [-0.2, -0.15) is 5.10 Å². The Balaban J connectivity index is 1.66. The molecule has 7 nitrogen and oxygen atoms in total. The SMILES string of the molecule is CN1N=C(C(=O)NCc2cccnc2N(C)Cc2ccccc2)CCC1=O. The van der Waals surface area contributed by atoms with Crippen LogP contribution in [0.15, 0.2) is 53.8 Å². The first-order chi connectivity index (χ1) is 13.0. The summed E-state index contributed by atoms with van der Waals surface area (Å²) >= 11 is 0. The molecule has 2 heterocycles. The maximum absolute atomic E-state index is 12.4. The van der Waals surface area contributed by atoms with Crippen LogP contribution in [0.25, 0.3) is 0 Å². The molecule has 140 valence electrons. The molecule has 0 aliphatic carbocycles. The molecule has 1 aromatic heterocycles. The Labute approximate surface area is 158 Å². The lowest BCUT2D eigenvalue weighted by Crippen LogP contribution is -2.37. The molecule has 1 aliphatic rings. The molecule has 0 radical (unpaired) electrons. The fraction of sp³-hybridized carbons (Fsp3) is 0.300. The molecular formula is C20H23N5O2. The fourth-order valence-electron chi connectivity index (χ4n) is 2.95. The zero-order chi connectivity index (χ0) is 19.2. The first kappa shape index (κ1) is 18.6. The number of hydrazone groups is 1. The van der Waals surface area contributed by atoms with Gasteiger partial charge in [-0.1, -0.05) is 36.4 Å². The van der Waals surface area contributed by atoms with Crippen molar-refractivity contribution in [2.75, 3.05) is 19.0 Å². The van der Waals surface area contributed by atoms with Crippen LogP contribution >= 0.6 is 0 Å². The minimum atomic E-state index is -0.255. The van der Waals surface area contributed by atoms with Crippen LogP contribution in [0, 0.1) is 0 Å². The molecule has 0 fully saturated rings. The Morgan fingerprint density at radius 1 is 1.19 bits per heavy atom. The van der Waals surface area contributed by atoms with Gasteiger partial charge >= 0.3 is 0 Å². The summed E-state index contributed by atoms with van der Waals surface area (Å²) in [5.41, 5.74) is 2.48. The molecule has 2 amide bonds. The lowest BCUT2D eigenvalue weighted by Gasteiger charge is -2.22. The summed E-state index contributed by atoms with van der Waals surface area (Å²) in [6.07, 6.45) is 2.41. The Morgan fingerprint density at radius 3 is 2.70 bits per heavy atom. The predicted molar refractivity (Wildman–Crippen MR) is 104 cm³/mol. The highest BCUT2D eigenvalue weighted by Gasteiger charge is 2.22. The van der Waals surface area contributed by atoms with Crippen molar-refractivity contribution in [3.8, 4) is 0 Å². The van der Waals surface area contributed by atoms with Crippen molar-refractivity contribution in [2.24, 2.45) is 5.10 Å². The molecular weight excluding hydrogens is 342 g/mol. The molecule has 1 aliphatic heterocycles. The van der Waals surface area contributed by atoms with E-state index in [1.165, 1.54) is 10.6 Å². The number of pyridine rings is 1. The number of nitrogens with zero attached hydrogens (tertiary/aromatic N) is 4. The minimum absolute atomic E-state index is 0.0800. The third-order valence-electron chi connectivity index (χ3n) is 4.40. The molecule has 27 heavy (non-hydrogen) atoms. The topological polar surface area (TPSA) is 77.9 Å². The Hall–Kier alpha value is -3.22. The second-order valence-corrected chi connectivity index (χ2v) is 6.47. The molecule has 2 aromatic rings. The predicted octanol–water partition coefficient (Wildman–Crippen LogP) is 1.94. The second-order valence-electron chi connectivity index (χ2n) is 6.47. The van der Waals surface area contributed by atoms with Crippen molar-refractivity contribution in [3.05, 3.63) is 59.8 Å². The van der Waals surface area contributed by atoms with Crippen LogP contribution < -0.4 is 10.2 Å². The zero-order valence-corrected chi connectivity index (χ0v) is 15.6. The van der Waals surface area contributed by atoms with E-state index in [0.29, 0.717) is 25.1 Å². The molecule has 0 bridgehead atoms. The summed E-state index contributed by atoms with van der Waals surface area (Å²) in [4.78, 5) is 30.4. The summed E-state index contributed by atoms with van der Waals surface area (Å²) in [5, 5.41) is 8.16. The van der Waals surface area contributed by atoms with Crippen LogP contribution in [0.4, 0.5) is 5.82 Å². The number of nitrogens with one attached hydrogen (secondary N) is 1. The van der Waals surface area contributed by atoms with Crippen molar-refractivity contribution < 1.29 is 9.59 Å². The molecule has 3 rings (SSSR count). The van der Waals surface area contributed by atoms with E-state index in [1.54, 1.807) is 13.2 Å². The van der Waals surface area contributed by atoms with E-state index in [0.717, 1.165) is 17.9 Å². The normalized spacial score (nSPS) is 13.9. The Morgan fingerprint density at radius 2 is 1.96 bits per heavy atom. The average molecular weight is 365 g/mol. The number of rotatable bonds is 6. The van der Waals surface area contributed by atoms with Crippen molar-refractivity contribution in [3.63, 3.8) is 0 Å². The number of carbonyl (C=O) groups excluding carboxylic acids is 2. The second kappa shape index (κ2) is 8.44. The molecule has 1 N–H and O–H groups in total. The number of aromatic nitrogens is 1. The first-order valence-corrected chi connectivity index (χ1v) is 8.86. The smallest absolute Gasteiger partial charge is 0.267 e. The quantitative estimate of drug-likeness (QED) is 0.849. The maximum Gasteiger partial charge on any atom is 0.267 e. The van der Waals surface area contributed by atoms with Gasteiger partial charge in [0.05, 0.1) is 0 Å². The van der Waals surface area contributed by atoms with Gasteiger partial charge in [0.1, 0.15) is 11.5 Å². The number of anilines is 1. The van der Waals surface area contributed by atoms with Crippen molar-refractivity contribution in [1.82, 2.24) is 15.3 Å². The minimum Gasteiger partial charge on any atom is -0.355 e. The highest BCUT2D eigenvalue weighted by molar-refractivity contribution is 6.39. The standard InChI is InChI=1S/C20H23N5O2/c1-24(14-15-7-4-3-5-8-15)19-16(9-6-12-21-19)13-22-20(27)17-10-11-18(26)25(2)23-17/h3-9,12H,10-11,13-14H2,1-2H3,(H,22,27). The van der Waals surface area contributed by atoms with E-state index >= 15 is 0 Å². The summed E-state index contributed by atoms with van der Waals surface area (Å²) in [6, 6.07) is 13.9. The highest BCUT2D eigenvalue weighted by atomic mass is 16.2. The van der Waals surface area contributed by atoms with Crippen LogP contribution in [0.5, 0.6) is 0 Å². The van der Waals surface area contributed by atoms with Crippen molar-refractivity contribution >= 4 is 23.3 Å². The lowest BCUT2D eigenvalue weighted by atomic mass is 10.1. The van der Waals surface area contributed by atoms with Crippen LogP contribution in [0.3, 0.4) is 0 Å². The summed E-state index contributed by atoms with van der Waals surface area (Å²) < 4.78 is 0. The van der Waals surface area contributed by atoms with E-state index in [2.05, 4.69) is 32.4 Å². The molecule has 0 atom stereocenters. The van der Waals surface area contributed by atoms with Gasteiger partial charge in [0.2, 0.25) is 5.91 Å². The third kappa shape index (κ3) is 4.69. The van der Waals surface area contributed by atoms with E-state index in [4.69, 9.17) is 0 Å². The van der Waals surface area contributed by atoms with Crippen LogP contribution in [0.2, 0.25) is 0 Å². The molecule has 0 saturated heterocycles. The van der Waals surface area contributed by atoms with E-state index in [-0.39, 0.29) is 11.8 Å². The number of hydrogen-bond acceptors (Lipinski definition) is 5. The number of hydrogen-bond donors (Lipinski definition) is 1. The fourth-order valence-corrected chi connectivity index (χ4v) is 2.95. The number of benzene rings is 1. The monoisotopic (exact) mass is 365 g/mol. The van der Waals surface area contributed by atoms with E-state index in [9.17, 15) is 9.59 Å². The Kier molecular flexibility index (Phi) is 5.80. The maximum atomic E-state index is 12.4. The van der Waals surface area contributed by atoms with Gasteiger partial charge in [-0.15, -0.1) is 0 Å². The largest absolute Gasteiger partial charge is 0.355 e. The Bertz CT molecular complexity index is 850. The van der Waals surface area contributed by atoms with Crippen LogP contribution in [-0.2, 0) is 22.7 Å². The van der Waals surface area contributed by atoms with Gasteiger partial charge in [-0.25, -0.2) is 9.99 Å². The third-order valence-corrected chi connectivity index (χ3v) is 4.40. The average Bonchev–Trinajstić information content (AvgIpc) is 2.69. The first-order valence-electron chi connectivity index (χ1n) is 8.86. The number of carbonyl (C=O) groups is 2. The molecule has 7 heteroatoms. The van der Waals surface area contributed by atoms with Gasteiger partial charge in [0.15, 0.2) is 0 Å². The van der Waals surface area contributed by atoms with Gasteiger partial charge in [-0.05, 0) is 11.6 Å². The van der Waals surface area contributed by atoms with E-state index in [1.807, 2.05) is 37.4 Å². The van der Waals surface area contributed by atoms with Crippen LogP contribution in [0.1, 0.15) is 24.0 Å². The molecule has 0 saturated carbocycles. The summed E-state index contributed by atoms with van der Waals surface area (Å²) in [5.74, 6) is 0.484. The van der Waals surface area contributed by atoms with Crippen molar-refractivity contribution in [2.45, 2.75) is 25.9 Å². The van der Waals surface area contributed by atoms with Crippen molar-refractivity contribution in [1.29, 1.82) is 0 Å². The highest BCUT2D eigenvalue weighted by Crippen LogP contribution is 2.18.